The molecule has 27 heavy (non-hydrogen) atoms. The average Bonchev–Trinajstić information content (AvgIpc) is 2.69. The molecule has 2 aliphatic heterocycles. The number of ether oxygens (including phenoxy) is 3. The third kappa shape index (κ3) is 6.90. The molecule has 7 heteroatoms. The van der Waals surface area contributed by atoms with Gasteiger partial charge in [-0.1, -0.05) is 13.8 Å². The Bertz CT molecular complexity index is 533. The van der Waals surface area contributed by atoms with Crippen molar-refractivity contribution in [3.8, 4) is 11.8 Å². The maximum atomic E-state index is 5.80. The third-order valence-electron chi connectivity index (χ3n) is 5.32. The summed E-state index contributed by atoms with van der Waals surface area (Å²) >= 11 is 0. The van der Waals surface area contributed by atoms with Crippen molar-refractivity contribution in [3.63, 3.8) is 0 Å². The van der Waals surface area contributed by atoms with Gasteiger partial charge in [0.15, 0.2) is 5.75 Å². The summed E-state index contributed by atoms with van der Waals surface area (Å²) in [4.78, 5) is 13.4. The van der Waals surface area contributed by atoms with Gasteiger partial charge in [-0.2, -0.15) is 9.97 Å². The minimum absolute atomic E-state index is 0.105. The van der Waals surface area contributed by atoms with Crippen LogP contribution in [0.3, 0.4) is 0 Å². The second-order valence-corrected chi connectivity index (χ2v) is 7.68. The molecule has 3 heterocycles. The minimum atomic E-state index is 0.105. The van der Waals surface area contributed by atoms with Crippen molar-refractivity contribution in [2.45, 2.75) is 39.2 Å². The van der Waals surface area contributed by atoms with Gasteiger partial charge in [-0.15, -0.1) is 0 Å². The van der Waals surface area contributed by atoms with Crippen LogP contribution in [-0.2, 0) is 4.74 Å². The number of hydrogen-bond acceptors (Lipinski definition) is 7. The van der Waals surface area contributed by atoms with E-state index >= 15 is 0 Å². The normalized spacial score (nSPS) is 22.7. The van der Waals surface area contributed by atoms with Crippen molar-refractivity contribution in [1.29, 1.82) is 0 Å². The van der Waals surface area contributed by atoms with Crippen molar-refractivity contribution in [2.75, 3.05) is 59.1 Å². The zero-order valence-corrected chi connectivity index (χ0v) is 16.8. The van der Waals surface area contributed by atoms with Crippen LogP contribution in [0.25, 0.3) is 0 Å². The standard InChI is InChI=1S/C20H34N4O3/c1-3-6-24-10-11-25-19(15-24)16-27-18-13-21-20(22-14-18)26-12-9-23-7-4-17(2)5-8-23/h13-14,17,19H,3-12,15-16H2,1-2H3/t19-/m1/s1. The maximum Gasteiger partial charge on any atom is 0.316 e. The molecule has 0 unspecified atom stereocenters. The fourth-order valence-corrected chi connectivity index (χ4v) is 3.59. The highest BCUT2D eigenvalue weighted by molar-refractivity contribution is 5.14. The largest absolute Gasteiger partial charge is 0.488 e. The first-order chi connectivity index (χ1) is 13.2. The summed E-state index contributed by atoms with van der Waals surface area (Å²) < 4.78 is 17.3. The van der Waals surface area contributed by atoms with E-state index in [0.717, 1.165) is 51.8 Å². The van der Waals surface area contributed by atoms with Crippen LogP contribution in [0.2, 0.25) is 0 Å². The van der Waals surface area contributed by atoms with Crippen molar-refractivity contribution in [2.24, 2.45) is 5.92 Å². The number of likely N-dealkylation sites (tertiary alicyclic amines) is 1. The van der Waals surface area contributed by atoms with Crippen LogP contribution in [0.1, 0.15) is 33.1 Å². The summed E-state index contributed by atoms with van der Waals surface area (Å²) in [6.45, 7) is 12.8. The van der Waals surface area contributed by atoms with Crippen LogP contribution in [-0.4, -0.2) is 85.0 Å². The average molecular weight is 379 g/mol. The molecule has 7 nitrogen and oxygen atoms in total. The van der Waals surface area contributed by atoms with E-state index < -0.39 is 0 Å². The molecular weight excluding hydrogens is 344 g/mol. The van der Waals surface area contributed by atoms with Gasteiger partial charge in [0.1, 0.15) is 19.3 Å². The Kier molecular flexibility index (Phi) is 8.10. The molecule has 0 aliphatic carbocycles. The quantitative estimate of drug-likeness (QED) is 0.652. The van der Waals surface area contributed by atoms with Crippen molar-refractivity contribution in [1.82, 2.24) is 19.8 Å². The smallest absolute Gasteiger partial charge is 0.316 e. The SMILES string of the molecule is CCCN1CCO[C@@H](COc2cnc(OCCN3CCC(C)CC3)nc2)C1. The zero-order chi connectivity index (χ0) is 18.9. The van der Waals surface area contributed by atoms with Crippen molar-refractivity contribution >= 4 is 0 Å². The van der Waals surface area contributed by atoms with E-state index in [1.165, 1.54) is 19.3 Å². The molecule has 0 bridgehead atoms. The molecule has 0 saturated carbocycles. The lowest BCUT2D eigenvalue weighted by Crippen LogP contribution is -2.45. The molecule has 0 amide bonds. The zero-order valence-electron chi connectivity index (χ0n) is 16.8. The minimum Gasteiger partial charge on any atom is -0.488 e. The van der Waals surface area contributed by atoms with Gasteiger partial charge in [-0.05, 0) is 44.8 Å². The van der Waals surface area contributed by atoms with Crippen molar-refractivity contribution < 1.29 is 14.2 Å². The molecule has 2 saturated heterocycles. The van der Waals surface area contributed by atoms with E-state index in [2.05, 4.69) is 33.6 Å². The van der Waals surface area contributed by atoms with Crippen LogP contribution in [0.4, 0.5) is 0 Å². The van der Waals surface area contributed by atoms with Gasteiger partial charge in [0.2, 0.25) is 0 Å². The van der Waals surface area contributed by atoms with Crippen LogP contribution in [0, 0.1) is 5.92 Å². The highest BCUT2D eigenvalue weighted by Crippen LogP contribution is 2.16. The van der Waals surface area contributed by atoms with Gasteiger partial charge in [-0.25, -0.2) is 0 Å². The molecule has 0 radical (unpaired) electrons. The van der Waals surface area contributed by atoms with Crippen LogP contribution < -0.4 is 9.47 Å². The molecular formula is C20H34N4O3. The van der Waals surface area contributed by atoms with Gasteiger partial charge < -0.3 is 14.2 Å². The Morgan fingerprint density at radius 3 is 2.59 bits per heavy atom. The molecule has 0 aromatic carbocycles. The number of aromatic nitrogens is 2. The molecule has 0 spiro atoms. The maximum absolute atomic E-state index is 5.80. The predicted octanol–water partition coefficient (Wildman–Crippen LogP) is 2.08. The Morgan fingerprint density at radius 1 is 1.07 bits per heavy atom. The lowest BCUT2D eigenvalue weighted by atomic mass is 9.99. The van der Waals surface area contributed by atoms with E-state index in [1.807, 2.05) is 0 Å². The first-order valence-corrected chi connectivity index (χ1v) is 10.4. The van der Waals surface area contributed by atoms with E-state index in [4.69, 9.17) is 14.2 Å². The molecule has 2 fully saturated rings. The lowest BCUT2D eigenvalue weighted by Gasteiger charge is -2.32. The number of nitrogens with zero attached hydrogens (tertiary/aromatic N) is 4. The van der Waals surface area contributed by atoms with Crippen LogP contribution >= 0.6 is 0 Å². The fraction of sp³-hybridized carbons (Fsp3) is 0.800. The summed E-state index contributed by atoms with van der Waals surface area (Å²) in [7, 11) is 0. The fourth-order valence-electron chi connectivity index (χ4n) is 3.59. The number of morpholine rings is 1. The Labute approximate surface area is 163 Å². The first kappa shape index (κ1) is 20.3. The highest BCUT2D eigenvalue weighted by atomic mass is 16.5. The summed E-state index contributed by atoms with van der Waals surface area (Å²) in [5.74, 6) is 1.51. The van der Waals surface area contributed by atoms with Gasteiger partial charge >= 0.3 is 6.01 Å². The van der Waals surface area contributed by atoms with E-state index in [-0.39, 0.29) is 6.10 Å². The molecule has 2 aliphatic rings. The number of hydrogen-bond donors (Lipinski definition) is 0. The van der Waals surface area contributed by atoms with Gasteiger partial charge in [-0.3, -0.25) is 9.80 Å². The summed E-state index contributed by atoms with van der Waals surface area (Å²) in [5, 5.41) is 0. The molecule has 3 rings (SSSR count). The van der Waals surface area contributed by atoms with Crippen LogP contribution in [0.5, 0.6) is 11.8 Å². The van der Waals surface area contributed by atoms with Crippen LogP contribution in [0.15, 0.2) is 12.4 Å². The first-order valence-electron chi connectivity index (χ1n) is 10.4. The van der Waals surface area contributed by atoms with E-state index in [9.17, 15) is 0 Å². The third-order valence-corrected chi connectivity index (χ3v) is 5.32. The highest BCUT2D eigenvalue weighted by Gasteiger charge is 2.20. The topological polar surface area (TPSA) is 60.0 Å². The second-order valence-electron chi connectivity index (χ2n) is 7.68. The molecule has 1 atom stereocenters. The second kappa shape index (κ2) is 10.8. The Hall–Kier alpha value is -1.44. The predicted molar refractivity (Wildman–Crippen MR) is 104 cm³/mol. The lowest BCUT2D eigenvalue weighted by molar-refractivity contribution is -0.0478. The Balaban J connectivity index is 1.33. The molecule has 152 valence electrons. The number of rotatable bonds is 9. The molecule has 1 aromatic rings. The summed E-state index contributed by atoms with van der Waals surface area (Å²) in [6, 6.07) is 0.413. The van der Waals surface area contributed by atoms with Gasteiger partial charge in [0, 0.05) is 19.6 Å². The van der Waals surface area contributed by atoms with Gasteiger partial charge in [0.25, 0.3) is 0 Å². The van der Waals surface area contributed by atoms with E-state index in [1.54, 1.807) is 12.4 Å². The molecule has 0 N–H and O–H groups in total. The number of piperidine rings is 1. The Morgan fingerprint density at radius 2 is 1.85 bits per heavy atom. The summed E-state index contributed by atoms with van der Waals surface area (Å²) in [6.07, 6.45) is 7.19. The monoisotopic (exact) mass is 378 g/mol. The summed E-state index contributed by atoms with van der Waals surface area (Å²) in [5.41, 5.74) is 0. The van der Waals surface area contributed by atoms with Crippen molar-refractivity contribution in [3.05, 3.63) is 12.4 Å². The van der Waals surface area contributed by atoms with Gasteiger partial charge in [0.05, 0.1) is 19.0 Å². The molecule has 1 aromatic heterocycles. The van der Waals surface area contributed by atoms with E-state index in [0.29, 0.717) is 25.0 Å².